The van der Waals surface area contributed by atoms with Crippen LogP contribution in [-0.4, -0.2) is 25.8 Å². The molecule has 0 unspecified atom stereocenters. The van der Waals surface area contributed by atoms with E-state index >= 15 is 0 Å². The molecule has 0 amide bonds. The molecule has 9 heteroatoms. The molecule has 0 saturated heterocycles. The van der Waals surface area contributed by atoms with Crippen molar-refractivity contribution in [1.29, 1.82) is 0 Å². The minimum absolute atomic E-state index is 0.0303. The van der Waals surface area contributed by atoms with Gasteiger partial charge in [-0.1, -0.05) is 41.9 Å². The van der Waals surface area contributed by atoms with Crippen molar-refractivity contribution in [2.45, 2.75) is 32.2 Å². The molecule has 0 aliphatic heterocycles. The topological polar surface area (TPSA) is 68.0 Å². The zero-order valence-electron chi connectivity index (χ0n) is 14.9. The lowest BCUT2D eigenvalue weighted by atomic mass is 10.0. The summed E-state index contributed by atoms with van der Waals surface area (Å²) in [5.41, 5.74) is 1.46. The van der Waals surface area contributed by atoms with Gasteiger partial charge in [0.2, 0.25) is 0 Å². The summed E-state index contributed by atoms with van der Waals surface area (Å²) in [5, 5.41) is 13.4. The fourth-order valence-corrected chi connectivity index (χ4v) is 3.47. The molecule has 2 aromatic heterocycles. The zero-order chi connectivity index (χ0) is 20.6. The quantitative estimate of drug-likeness (QED) is 0.608. The number of alkyl halides is 2. The second-order valence-corrected chi connectivity index (χ2v) is 7.23. The molecule has 5 nitrogen and oxygen atoms in total. The molecule has 148 valence electrons. The van der Waals surface area contributed by atoms with Gasteiger partial charge < -0.3 is 5.11 Å². The number of allylic oxidation sites excluding steroid dienone is 5. The van der Waals surface area contributed by atoms with Crippen LogP contribution in [0.3, 0.4) is 0 Å². The third-order valence-electron chi connectivity index (χ3n) is 4.63. The van der Waals surface area contributed by atoms with Crippen molar-refractivity contribution in [1.82, 2.24) is 14.8 Å². The van der Waals surface area contributed by atoms with E-state index in [4.69, 9.17) is 28.3 Å². The Hall–Kier alpha value is -2.25. The first-order valence-electron chi connectivity index (χ1n) is 8.52. The Morgan fingerprint density at radius 2 is 2.18 bits per heavy atom. The van der Waals surface area contributed by atoms with Crippen molar-refractivity contribution in [2.24, 2.45) is 5.92 Å². The average molecular weight is 428 g/mol. The highest BCUT2D eigenvalue weighted by Gasteiger charge is 2.42. The summed E-state index contributed by atoms with van der Waals surface area (Å²) in [5.74, 6) is -5.95. The van der Waals surface area contributed by atoms with E-state index in [1.807, 2.05) is 13.0 Å². The van der Waals surface area contributed by atoms with Gasteiger partial charge in [0, 0.05) is 11.2 Å². The summed E-state index contributed by atoms with van der Waals surface area (Å²) in [6.45, 7) is 5.77. The number of hydrogen-bond donors (Lipinski definition) is 1. The number of fused-ring (bicyclic) bond motifs is 1. The number of hydrogen-bond acceptors (Lipinski definition) is 3. The van der Waals surface area contributed by atoms with Crippen molar-refractivity contribution >= 4 is 40.2 Å². The fourth-order valence-electron chi connectivity index (χ4n) is 3.06. The van der Waals surface area contributed by atoms with Gasteiger partial charge in [0.25, 0.3) is 0 Å². The molecular weight excluding hydrogens is 411 g/mol. The van der Waals surface area contributed by atoms with Crippen LogP contribution in [0.25, 0.3) is 11.0 Å². The maximum Gasteiger partial charge on any atom is 0.379 e. The van der Waals surface area contributed by atoms with E-state index in [2.05, 4.69) is 16.7 Å². The van der Waals surface area contributed by atoms with Crippen molar-refractivity contribution < 1.29 is 18.7 Å². The van der Waals surface area contributed by atoms with Crippen molar-refractivity contribution in [3.05, 3.63) is 57.9 Å². The number of carboxylic acids is 1. The summed E-state index contributed by atoms with van der Waals surface area (Å²) in [4.78, 5) is 14.8. The van der Waals surface area contributed by atoms with Gasteiger partial charge >= 0.3 is 11.9 Å². The minimum Gasteiger partial charge on any atom is -0.477 e. The lowest BCUT2D eigenvalue weighted by molar-refractivity contribution is -0.166. The number of halogens is 4. The Morgan fingerprint density at radius 1 is 1.50 bits per heavy atom. The first-order valence-corrected chi connectivity index (χ1v) is 9.27. The molecule has 1 aliphatic carbocycles. The predicted molar refractivity (Wildman–Crippen MR) is 104 cm³/mol. The third kappa shape index (κ3) is 3.69. The predicted octanol–water partition coefficient (Wildman–Crippen LogP) is 5.30. The second-order valence-electron chi connectivity index (χ2n) is 6.47. The number of carboxylic acid groups (broad SMARTS) is 1. The summed E-state index contributed by atoms with van der Waals surface area (Å²) in [6, 6.07) is 1.04. The number of carbonyl (C=O) groups is 1. The van der Waals surface area contributed by atoms with E-state index in [1.165, 1.54) is 10.8 Å². The lowest BCUT2D eigenvalue weighted by Crippen LogP contribution is -2.25. The molecular formula is C19H17Cl2F2N3O2. The van der Waals surface area contributed by atoms with Crippen molar-refractivity contribution in [2.75, 3.05) is 0 Å². The smallest absolute Gasteiger partial charge is 0.379 e. The largest absolute Gasteiger partial charge is 0.477 e. The summed E-state index contributed by atoms with van der Waals surface area (Å²) < 4.78 is 29.3. The highest BCUT2D eigenvalue weighted by atomic mass is 35.5. The highest BCUT2D eigenvalue weighted by molar-refractivity contribution is 6.33. The number of nitrogens with zero attached hydrogens (tertiary/aromatic N) is 3. The van der Waals surface area contributed by atoms with Crippen LogP contribution in [0.15, 0.2) is 47.2 Å². The number of rotatable bonds is 7. The average Bonchev–Trinajstić information content (AvgIpc) is 3.45. The lowest BCUT2D eigenvalue weighted by Gasteiger charge is -2.15. The summed E-state index contributed by atoms with van der Waals surface area (Å²) in [7, 11) is 0. The second kappa shape index (κ2) is 7.64. The van der Waals surface area contributed by atoms with E-state index in [9.17, 15) is 13.6 Å². The van der Waals surface area contributed by atoms with Gasteiger partial charge in [-0.3, -0.25) is 9.67 Å². The number of pyridine rings is 1. The van der Waals surface area contributed by atoms with Crippen LogP contribution in [0.1, 0.15) is 25.3 Å². The molecule has 0 aromatic carbocycles. The van der Waals surface area contributed by atoms with E-state index in [0.717, 1.165) is 36.3 Å². The molecule has 0 radical (unpaired) electrons. The van der Waals surface area contributed by atoms with Crippen LogP contribution in [-0.2, 0) is 17.3 Å². The highest BCUT2D eigenvalue weighted by Crippen LogP contribution is 2.42. The van der Waals surface area contributed by atoms with E-state index in [1.54, 1.807) is 0 Å². The zero-order valence-corrected chi connectivity index (χ0v) is 16.4. The molecule has 0 bridgehead atoms. The van der Waals surface area contributed by atoms with Gasteiger partial charge in [-0.15, -0.1) is 0 Å². The molecule has 0 atom stereocenters. The number of aromatic nitrogens is 3. The van der Waals surface area contributed by atoms with Crippen LogP contribution in [0.4, 0.5) is 8.78 Å². The van der Waals surface area contributed by atoms with E-state index in [0.29, 0.717) is 11.0 Å². The molecule has 0 spiro atoms. The maximum absolute atomic E-state index is 13.9. The Labute approximate surface area is 170 Å². The molecule has 1 N–H and O–H groups in total. The Bertz CT molecular complexity index is 1020. The monoisotopic (exact) mass is 427 g/mol. The van der Waals surface area contributed by atoms with Gasteiger partial charge in [-0.05, 0) is 42.9 Å². The first kappa shape index (κ1) is 20.5. The molecule has 2 aromatic rings. The van der Waals surface area contributed by atoms with Gasteiger partial charge in [0.15, 0.2) is 5.15 Å². The molecule has 28 heavy (non-hydrogen) atoms. The van der Waals surface area contributed by atoms with E-state index in [-0.39, 0.29) is 22.7 Å². The van der Waals surface area contributed by atoms with Crippen molar-refractivity contribution in [3.63, 3.8) is 0 Å². The van der Waals surface area contributed by atoms with Crippen LogP contribution < -0.4 is 0 Å². The Kier molecular flexibility index (Phi) is 5.59. The third-order valence-corrected chi connectivity index (χ3v) is 5.27. The van der Waals surface area contributed by atoms with Crippen LogP contribution in [0.2, 0.25) is 5.15 Å². The fraction of sp³-hybridized carbons (Fsp3) is 0.316. The Balaban J connectivity index is 2.11. The SMILES string of the molecule is C=C/C(Cl)=C(Cn1nc(Cl)c2ncc(C(F)(F)C(=O)O)cc21)\C(=C/C)C1CC1. The molecule has 2 heterocycles. The standard InChI is InChI=1S/C19H17Cl2F2N3O2/c1-3-12(10-5-6-10)13(14(20)4-2)9-26-15-7-11(19(22,23)18(27)28)8-24-16(15)17(21)25-26/h3-4,7-8,10H,2,5-6,9H2,1H3,(H,27,28)/b12-3-,14-13+. The number of aliphatic carboxylic acids is 1. The summed E-state index contributed by atoms with van der Waals surface area (Å²) >= 11 is 12.5. The minimum atomic E-state index is -4.08. The van der Waals surface area contributed by atoms with Gasteiger partial charge in [0.05, 0.1) is 17.6 Å². The van der Waals surface area contributed by atoms with Crippen molar-refractivity contribution in [3.8, 4) is 0 Å². The van der Waals surface area contributed by atoms with Crippen LogP contribution >= 0.6 is 23.2 Å². The Morgan fingerprint density at radius 3 is 2.71 bits per heavy atom. The van der Waals surface area contributed by atoms with Gasteiger partial charge in [0.1, 0.15) is 5.52 Å². The van der Waals surface area contributed by atoms with Gasteiger partial charge in [-0.25, -0.2) is 4.79 Å². The van der Waals surface area contributed by atoms with Crippen LogP contribution in [0.5, 0.6) is 0 Å². The van der Waals surface area contributed by atoms with Gasteiger partial charge in [-0.2, -0.15) is 13.9 Å². The van der Waals surface area contributed by atoms with Crippen LogP contribution in [0, 0.1) is 5.92 Å². The molecule has 1 fully saturated rings. The maximum atomic E-state index is 13.9. The molecule has 1 saturated carbocycles. The first-order chi connectivity index (χ1) is 13.2. The van der Waals surface area contributed by atoms with E-state index < -0.39 is 17.5 Å². The molecule has 1 aliphatic rings. The molecule has 3 rings (SSSR count). The normalized spacial score (nSPS) is 16.2. The summed E-state index contributed by atoms with van der Waals surface area (Å²) in [6.07, 6.45) is 6.36.